The molecule has 1 aliphatic heterocycles. The molecule has 8 nitrogen and oxygen atoms in total. The summed E-state index contributed by atoms with van der Waals surface area (Å²) >= 11 is 1.61. The van der Waals surface area contributed by atoms with Gasteiger partial charge < -0.3 is 15.0 Å². The van der Waals surface area contributed by atoms with Crippen LogP contribution in [0.5, 0.6) is 5.75 Å². The lowest BCUT2D eigenvalue weighted by molar-refractivity contribution is -0.127. The zero-order chi connectivity index (χ0) is 28.6. The van der Waals surface area contributed by atoms with Gasteiger partial charge in [0, 0.05) is 30.6 Å². The number of thiazole rings is 1. The van der Waals surface area contributed by atoms with E-state index in [0.717, 1.165) is 63.8 Å². The molecule has 2 aliphatic carbocycles. The molecule has 1 aromatic heterocycles. The van der Waals surface area contributed by atoms with Gasteiger partial charge in [0.1, 0.15) is 16.3 Å². The minimum atomic E-state index is -2.95. The monoisotopic (exact) mass is 590 g/mol. The molecular formula is C31H34N4O4S2. The number of methoxy groups -OCH3 is 1. The third kappa shape index (κ3) is 5.70. The van der Waals surface area contributed by atoms with Gasteiger partial charge in [-0.1, -0.05) is 37.1 Å². The fourth-order valence-corrected chi connectivity index (χ4v) is 8.38. The first-order chi connectivity index (χ1) is 19.8. The summed E-state index contributed by atoms with van der Waals surface area (Å²) in [6, 6.07) is 18.4. The number of hydrogen-bond donors (Lipinski definition) is 1. The molecule has 0 radical (unpaired) electrons. The van der Waals surface area contributed by atoms with E-state index in [1.54, 1.807) is 18.4 Å². The maximum absolute atomic E-state index is 13.5. The number of rotatable bonds is 7. The maximum Gasteiger partial charge on any atom is 0.225 e. The molecular weight excluding hydrogens is 556 g/mol. The van der Waals surface area contributed by atoms with Gasteiger partial charge in [0.25, 0.3) is 0 Å². The molecule has 6 rings (SSSR count). The van der Waals surface area contributed by atoms with Crippen LogP contribution < -0.4 is 15.0 Å². The van der Waals surface area contributed by atoms with Gasteiger partial charge in [0.2, 0.25) is 5.91 Å². The van der Waals surface area contributed by atoms with Crippen molar-refractivity contribution < 1.29 is 17.9 Å². The molecule has 214 valence electrons. The minimum Gasteiger partial charge on any atom is -0.496 e. The quantitative estimate of drug-likeness (QED) is 0.404. The second kappa shape index (κ2) is 11.1. The van der Waals surface area contributed by atoms with Crippen LogP contribution in [-0.4, -0.2) is 56.6 Å². The molecule has 3 fully saturated rings. The Morgan fingerprint density at radius 2 is 1.80 bits per heavy atom. The normalized spacial score (nSPS) is 22.9. The van der Waals surface area contributed by atoms with E-state index in [1.807, 2.05) is 36.4 Å². The second-order valence-electron chi connectivity index (χ2n) is 11.3. The number of nitrogens with one attached hydrogen (secondary N) is 1. The zero-order valence-electron chi connectivity index (χ0n) is 23.1. The summed E-state index contributed by atoms with van der Waals surface area (Å²) in [6.45, 7) is 0.989. The molecule has 0 bridgehead atoms. The van der Waals surface area contributed by atoms with Crippen LogP contribution in [0.1, 0.15) is 50.1 Å². The highest BCUT2D eigenvalue weighted by atomic mass is 32.2. The topological polar surface area (TPSA) is 112 Å². The predicted octanol–water partition coefficient (Wildman–Crippen LogP) is 5.17. The number of carbonyl (C=O) groups is 1. The third-order valence-electron chi connectivity index (χ3n) is 8.61. The summed E-state index contributed by atoms with van der Waals surface area (Å²) in [5.74, 6) is 0.761. The highest BCUT2D eigenvalue weighted by molar-refractivity contribution is 7.91. The number of sulfone groups is 1. The summed E-state index contributed by atoms with van der Waals surface area (Å²) in [5, 5.41) is 13.5. The molecule has 0 spiro atoms. The maximum atomic E-state index is 13.5. The van der Waals surface area contributed by atoms with Crippen LogP contribution in [0.2, 0.25) is 0 Å². The van der Waals surface area contributed by atoms with E-state index in [2.05, 4.69) is 28.4 Å². The molecule has 41 heavy (non-hydrogen) atoms. The number of para-hydroxylation sites is 1. The van der Waals surface area contributed by atoms with Crippen LogP contribution in [0, 0.1) is 17.2 Å². The average Bonchev–Trinajstić information content (AvgIpc) is 3.63. The smallest absolute Gasteiger partial charge is 0.225 e. The van der Waals surface area contributed by atoms with Gasteiger partial charge in [-0.05, 0) is 55.5 Å². The first kappa shape index (κ1) is 27.7. The van der Waals surface area contributed by atoms with Crippen LogP contribution >= 0.6 is 11.3 Å². The highest BCUT2D eigenvalue weighted by Gasteiger charge is 2.47. The van der Waals surface area contributed by atoms with E-state index >= 15 is 0 Å². The van der Waals surface area contributed by atoms with Crippen LogP contribution in [0.15, 0.2) is 48.5 Å². The molecule has 2 atom stereocenters. The number of nitrogens with zero attached hydrogens (tertiary/aromatic N) is 3. The largest absolute Gasteiger partial charge is 0.496 e. The molecule has 1 amide bonds. The highest BCUT2D eigenvalue weighted by Crippen LogP contribution is 2.47. The van der Waals surface area contributed by atoms with Gasteiger partial charge in [0.05, 0.1) is 40.8 Å². The van der Waals surface area contributed by atoms with E-state index in [9.17, 15) is 18.5 Å². The van der Waals surface area contributed by atoms with Crippen LogP contribution in [-0.2, 0) is 14.6 Å². The minimum absolute atomic E-state index is 0.0399. The van der Waals surface area contributed by atoms with Crippen molar-refractivity contribution in [1.29, 1.82) is 5.26 Å². The van der Waals surface area contributed by atoms with Crippen molar-refractivity contribution in [3.8, 4) is 32.8 Å². The fraction of sp³-hybridized carbons (Fsp3) is 0.452. The van der Waals surface area contributed by atoms with Gasteiger partial charge in [0.15, 0.2) is 9.84 Å². The number of hydrogen-bond acceptors (Lipinski definition) is 8. The Hall–Kier alpha value is -3.42. The van der Waals surface area contributed by atoms with Gasteiger partial charge in [-0.2, -0.15) is 5.26 Å². The van der Waals surface area contributed by atoms with Crippen LogP contribution in [0.25, 0.3) is 21.0 Å². The lowest BCUT2D eigenvalue weighted by Crippen LogP contribution is -2.42. The van der Waals surface area contributed by atoms with E-state index in [0.29, 0.717) is 25.9 Å². The van der Waals surface area contributed by atoms with Crippen molar-refractivity contribution >= 4 is 32.8 Å². The number of ether oxygens (including phenoxy) is 1. The zero-order valence-corrected chi connectivity index (χ0v) is 24.8. The molecule has 1 saturated heterocycles. The molecule has 2 aromatic carbocycles. The van der Waals surface area contributed by atoms with Crippen molar-refractivity contribution in [2.45, 2.75) is 50.0 Å². The molecule has 2 heterocycles. The van der Waals surface area contributed by atoms with Gasteiger partial charge >= 0.3 is 0 Å². The molecule has 1 N–H and O–H groups in total. The number of aromatic nitrogens is 1. The van der Waals surface area contributed by atoms with Crippen molar-refractivity contribution in [2.24, 2.45) is 5.92 Å². The number of amides is 1. The Balaban J connectivity index is 1.37. The fourth-order valence-electron chi connectivity index (χ4n) is 6.01. The molecule has 3 aliphatic rings. The summed E-state index contributed by atoms with van der Waals surface area (Å²) in [7, 11) is -1.30. The van der Waals surface area contributed by atoms with Crippen LogP contribution in [0.4, 0.5) is 5.69 Å². The van der Waals surface area contributed by atoms with E-state index in [1.165, 1.54) is 0 Å². The number of carbonyl (C=O) groups excluding carboxylic acids is 1. The van der Waals surface area contributed by atoms with Crippen molar-refractivity contribution in [3.63, 3.8) is 0 Å². The predicted molar refractivity (Wildman–Crippen MR) is 161 cm³/mol. The lowest BCUT2D eigenvalue weighted by Gasteiger charge is -2.31. The molecule has 3 aromatic rings. The lowest BCUT2D eigenvalue weighted by atomic mass is 9.76. The summed E-state index contributed by atoms with van der Waals surface area (Å²) < 4.78 is 29.5. The Kier molecular flexibility index (Phi) is 7.51. The molecule has 10 heteroatoms. The Labute approximate surface area is 245 Å². The van der Waals surface area contributed by atoms with E-state index < -0.39 is 15.4 Å². The molecule has 2 unspecified atom stereocenters. The van der Waals surface area contributed by atoms with Gasteiger partial charge in [-0.3, -0.25) is 4.79 Å². The first-order valence-corrected chi connectivity index (χ1v) is 16.9. The van der Waals surface area contributed by atoms with Crippen LogP contribution in [0.3, 0.4) is 0 Å². The van der Waals surface area contributed by atoms with E-state index in [4.69, 9.17) is 9.72 Å². The van der Waals surface area contributed by atoms with E-state index in [-0.39, 0.29) is 29.2 Å². The Bertz CT molecular complexity index is 1570. The Morgan fingerprint density at radius 1 is 1.10 bits per heavy atom. The average molecular weight is 591 g/mol. The van der Waals surface area contributed by atoms with Crippen molar-refractivity contribution in [2.75, 3.05) is 36.6 Å². The number of anilines is 1. The summed E-state index contributed by atoms with van der Waals surface area (Å²) in [6.07, 6.45) is 5.06. The molecule has 2 saturated carbocycles. The number of benzene rings is 2. The number of nitriles is 1. The Morgan fingerprint density at radius 3 is 2.49 bits per heavy atom. The van der Waals surface area contributed by atoms with Crippen molar-refractivity contribution in [1.82, 2.24) is 10.3 Å². The SMILES string of the molecule is COc1ccccc1-c1nc(C2CCCCC2C(=O)NC2(C#N)CC2)c(-c2ccc(N3CCS(=O)(=O)CC3)cc2)s1. The van der Waals surface area contributed by atoms with Gasteiger partial charge in [-0.25, -0.2) is 13.4 Å². The summed E-state index contributed by atoms with van der Waals surface area (Å²) in [4.78, 5) is 21.9. The first-order valence-electron chi connectivity index (χ1n) is 14.2. The second-order valence-corrected chi connectivity index (χ2v) is 14.6. The van der Waals surface area contributed by atoms with Gasteiger partial charge in [-0.15, -0.1) is 11.3 Å². The van der Waals surface area contributed by atoms with Crippen molar-refractivity contribution in [3.05, 3.63) is 54.2 Å². The standard InChI is InChI=1S/C31H34N4O4S2/c1-39-26-9-5-4-8-25(26)30-33-27(23-6-2-3-7-24(23)29(36)34-31(20-32)14-15-31)28(40-30)21-10-12-22(13-11-21)35-16-18-41(37,38)19-17-35/h4-5,8-13,23-24H,2-3,6-7,14-19H2,1H3,(H,34,36). The summed E-state index contributed by atoms with van der Waals surface area (Å²) in [5.41, 5.74) is 3.16. The third-order valence-corrected chi connectivity index (χ3v) is 11.4.